The first kappa shape index (κ1) is 48.5. The van der Waals surface area contributed by atoms with Gasteiger partial charge in [0.1, 0.15) is 5.78 Å². The molecule has 0 unspecified atom stereocenters. The summed E-state index contributed by atoms with van der Waals surface area (Å²) in [7, 11) is -12.2. The van der Waals surface area contributed by atoms with E-state index in [0.717, 1.165) is 19.3 Å². The first-order valence-electron chi connectivity index (χ1n) is 8.17. The third kappa shape index (κ3) is 14.8. The van der Waals surface area contributed by atoms with Gasteiger partial charge in [0, 0.05) is 12.8 Å². The van der Waals surface area contributed by atoms with E-state index in [9.17, 15) is 31.1 Å². The molecule has 21 heteroatoms. The molecular weight excluding hydrogens is 743 g/mol. The Morgan fingerprint density at radius 2 is 1.16 bits per heavy atom. The van der Waals surface area contributed by atoms with Crippen molar-refractivity contribution in [3.8, 4) is 0 Å². The molecule has 15 N–H and O–H groups in total. The fraction of sp³-hybridized carbons (Fsp3) is 0.438. The first-order chi connectivity index (χ1) is 13.8. The molecule has 37 heavy (non-hydrogen) atoms. The van der Waals surface area contributed by atoms with Crippen LogP contribution in [0.25, 0.3) is 6.08 Å². The van der Waals surface area contributed by atoms with Crippen LogP contribution in [0.2, 0.25) is 0 Å². The molecule has 3 rings (SSSR count). The predicted octanol–water partition coefficient (Wildman–Crippen LogP) is 4.08. The molecule has 1 aromatic carbocycles. The summed E-state index contributed by atoms with van der Waals surface area (Å²) in [6, 6.07) is 8.56. The van der Waals surface area contributed by atoms with Crippen molar-refractivity contribution >= 4 is 32.1 Å². The van der Waals surface area contributed by atoms with E-state index in [2.05, 4.69) is 36.4 Å². The van der Waals surface area contributed by atoms with Crippen molar-refractivity contribution in [1.82, 2.24) is 30.8 Å². The van der Waals surface area contributed by atoms with Gasteiger partial charge in [0.25, 0.3) is 0 Å². The number of fused-ring (bicyclic) bond motifs is 3. The molecule has 1 aromatic rings. The average molecular weight is 772 g/mol. The number of hydrogen-bond acceptors (Lipinski definition) is 12. The number of carbonyl (C=O) groups excluding carboxylic acids is 1. The van der Waals surface area contributed by atoms with E-state index in [1.54, 1.807) is 0 Å². The number of hydrogen-bond donors (Lipinski definition) is 5. The molecule has 0 bridgehead atoms. The van der Waals surface area contributed by atoms with Gasteiger partial charge < -0.3 is 39.9 Å². The zero-order chi connectivity index (χ0) is 24.3. The molecule has 1 fully saturated rings. The van der Waals surface area contributed by atoms with Crippen LogP contribution in [0.5, 0.6) is 0 Å². The van der Waals surface area contributed by atoms with Crippen molar-refractivity contribution in [2.75, 3.05) is 0 Å². The van der Waals surface area contributed by atoms with Crippen molar-refractivity contribution in [3.63, 3.8) is 0 Å². The number of Topliss-reactive ketones (excluding diaryl/α,β-unsaturated/α-hetero) is 1. The number of allylic oxidation sites excluding steroid dienone is 1. The van der Waals surface area contributed by atoms with Crippen LogP contribution in [0.4, 0.5) is 26.3 Å². The van der Waals surface area contributed by atoms with Crippen LogP contribution >= 0.6 is 0 Å². The number of carbonyl (C=O) groups is 1. The summed E-state index contributed by atoms with van der Waals surface area (Å²) in [5.41, 5.74) is -8.51. The first-order valence-corrected chi connectivity index (χ1v) is 11.0. The minimum Gasteiger partial charge on any atom is -0.741 e. The van der Waals surface area contributed by atoms with Crippen molar-refractivity contribution in [2.45, 2.75) is 36.2 Å². The van der Waals surface area contributed by atoms with Gasteiger partial charge in [-0.05, 0) is 29.4 Å². The number of ketones is 1. The molecule has 0 aliphatic heterocycles. The largest absolute Gasteiger partial charge is 2.00 e. The van der Waals surface area contributed by atoms with Crippen LogP contribution in [0.3, 0.4) is 0 Å². The van der Waals surface area contributed by atoms with E-state index in [1.165, 1.54) is 11.1 Å². The molecule has 0 amide bonds. The van der Waals surface area contributed by atoms with Gasteiger partial charge in [0.15, 0.2) is 20.2 Å². The Balaban J connectivity index is -0.0000000973. The Labute approximate surface area is 223 Å². The molecule has 2 aliphatic carbocycles. The van der Waals surface area contributed by atoms with Crippen LogP contribution in [0, 0.1) is 5.92 Å². The zero-order valence-corrected chi connectivity index (χ0v) is 23.2. The average Bonchev–Trinajstić information content (AvgIpc) is 2.59. The summed E-state index contributed by atoms with van der Waals surface area (Å²) >= 11 is 0. The minimum absolute atomic E-state index is 0. The van der Waals surface area contributed by atoms with Gasteiger partial charge in [0.05, 0.1) is 0 Å². The summed E-state index contributed by atoms with van der Waals surface area (Å²) in [4.78, 5) is 11.4. The van der Waals surface area contributed by atoms with Gasteiger partial charge in [-0.1, -0.05) is 36.4 Å². The third-order valence-corrected chi connectivity index (χ3v) is 5.33. The van der Waals surface area contributed by atoms with Crippen molar-refractivity contribution in [1.29, 1.82) is 0 Å². The monoisotopic (exact) mass is 773 g/mol. The van der Waals surface area contributed by atoms with Crippen LogP contribution < -0.4 is 30.8 Å². The predicted molar refractivity (Wildman–Crippen MR) is 117 cm³/mol. The van der Waals surface area contributed by atoms with Crippen molar-refractivity contribution in [2.24, 2.45) is 5.92 Å². The van der Waals surface area contributed by atoms with Gasteiger partial charge in [-0.2, -0.15) is 26.3 Å². The second-order valence-corrected chi connectivity index (χ2v) is 9.08. The normalized spacial score (nSPS) is 17.6. The van der Waals surface area contributed by atoms with E-state index in [1.807, 2.05) is 0 Å². The fourth-order valence-corrected chi connectivity index (χ4v) is 2.85. The summed E-state index contributed by atoms with van der Waals surface area (Å²) in [6.45, 7) is 0. The van der Waals surface area contributed by atoms with Gasteiger partial charge in [-0.25, -0.2) is 16.8 Å². The number of alkyl halides is 6. The quantitative estimate of drug-likeness (QED) is 0.142. The molecule has 2 atom stereocenters. The number of halogens is 6. The summed E-state index contributed by atoms with van der Waals surface area (Å²) in [5, 5.41) is 0. The number of benzene rings is 1. The molecule has 222 valence electrons. The molecular formula is C16H29F6N5O7OsS2. The molecule has 1 saturated carbocycles. The third-order valence-electron chi connectivity index (χ3n) is 4.20. The van der Waals surface area contributed by atoms with Crippen LogP contribution in [0.1, 0.15) is 36.3 Å². The van der Waals surface area contributed by atoms with Crippen LogP contribution in [-0.4, -0.2) is 42.7 Å². The molecule has 0 saturated heterocycles. The van der Waals surface area contributed by atoms with E-state index < -0.39 is 31.3 Å². The summed E-state index contributed by atoms with van der Waals surface area (Å²) in [5.74, 6) is 1.48. The van der Waals surface area contributed by atoms with Gasteiger partial charge in [0.2, 0.25) is 0 Å². The molecule has 12 nitrogen and oxygen atoms in total. The van der Waals surface area contributed by atoms with Crippen molar-refractivity contribution in [3.05, 3.63) is 41.5 Å². The van der Waals surface area contributed by atoms with Crippen LogP contribution in [-0.2, 0) is 44.8 Å². The number of rotatable bonds is 0. The SMILES string of the molecule is N.N.N.N.N.O=C1CC[C@H]2c3ccccc3C=C[C@H]2C1.O=S(=O)([O-])C(F)(F)F.O=S(=O)([O-])C(F)(F)F.[Os+2]. The summed E-state index contributed by atoms with van der Waals surface area (Å²) < 4.78 is 118. The second-order valence-electron chi connectivity index (χ2n) is 6.34. The summed E-state index contributed by atoms with van der Waals surface area (Å²) in [6.07, 6.45) is 6.95. The van der Waals surface area contributed by atoms with E-state index in [4.69, 9.17) is 25.9 Å². The van der Waals surface area contributed by atoms with E-state index in [-0.39, 0.29) is 50.5 Å². The van der Waals surface area contributed by atoms with Gasteiger partial charge in [-0.3, -0.25) is 4.79 Å². The van der Waals surface area contributed by atoms with E-state index >= 15 is 0 Å². The molecule has 0 spiro atoms. The van der Waals surface area contributed by atoms with E-state index in [0.29, 0.717) is 17.6 Å². The maximum Gasteiger partial charge on any atom is 2.00 e. The Morgan fingerprint density at radius 1 is 0.784 bits per heavy atom. The smallest absolute Gasteiger partial charge is 0.741 e. The topological polar surface area (TPSA) is 306 Å². The van der Waals surface area contributed by atoms with Gasteiger partial charge in [-0.15, -0.1) is 0 Å². The fourth-order valence-electron chi connectivity index (χ4n) is 2.85. The maximum atomic E-state index is 11.4. The molecule has 2 aliphatic rings. The Morgan fingerprint density at radius 3 is 1.54 bits per heavy atom. The maximum absolute atomic E-state index is 11.4. The minimum atomic E-state index is -6.09. The molecule has 0 heterocycles. The Bertz CT molecular complexity index is 1010. The van der Waals surface area contributed by atoms with Crippen LogP contribution in [0.15, 0.2) is 30.3 Å². The van der Waals surface area contributed by atoms with Crippen molar-refractivity contribution < 1.29 is 76.9 Å². The Kier molecular flexibility index (Phi) is 23.4. The zero-order valence-electron chi connectivity index (χ0n) is 19.1. The second kappa shape index (κ2) is 17.9. The Hall–Kier alpha value is -1.53. The van der Waals surface area contributed by atoms with Gasteiger partial charge >= 0.3 is 30.8 Å². The molecule has 0 radical (unpaired) electrons. The standard InChI is InChI=1S/C14H14O.2CHF3O3S.5H3N.Os/c15-12-7-8-14-11(9-12)6-5-10-3-1-2-4-13(10)14;2*2-1(3,4)8(5,6)7;;;;;;/h1-6,11,14H,7-9H2;2*(H,5,6,7);5*1H3;/q;;;;;;;;+2/p-2/t11-,14+;;;;;;;;/m0......../s1. The molecule has 0 aromatic heterocycles.